The van der Waals surface area contributed by atoms with Crippen molar-refractivity contribution in [1.82, 2.24) is 19.9 Å². The van der Waals surface area contributed by atoms with E-state index < -0.39 is 0 Å². The van der Waals surface area contributed by atoms with Crippen LogP contribution < -0.4 is 14.8 Å². The predicted molar refractivity (Wildman–Crippen MR) is 150 cm³/mol. The van der Waals surface area contributed by atoms with E-state index in [-0.39, 0.29) is 5.91 Å². The first kappa shape index (κ1) is 27.3. The number of carbonyl (C=O) groups excluding carboxylic acids is 1. The number of thiazole rings is 1. The molecule has 4 aromatic rings. The molecule has 200 valence electrons. The molecule has 0 fully saturated rings. The smallest absolute Gasteiger partial charge is 0.253 e. The number of hydrogen-bond acceptors (Lipinski definition) is 7. The van der Waals surface area contributed by atoms with Gasteiger partial charge < -0.3 is 24.1 Å². The number of nitrogens with zero attached hydrogens (tertiary/aromatic N) is 3. The van der Waals surface area contributed by atoms with Gasteiger partial charge >= 0.3 is 0 Å². The molecular formula is C29H34N4O4S. The highest BCUT2D eigenvalue weighted by Crippen LogP contribution is 2.32. The Bertz CT molecular complexity index is 1380. The molecule has 0 atom stereocenters. The first-order valence-electron chi connectivity index (χ1n) is 12.5. The third kappa shape index (κ3) is 6.23. The van der Waals surface area contributed by atoms with Gasteiger partial charge in [0.15, 0.2) is 11.5 Å². The average Bonchev–Trinajstić information content (AvgIpc) is 3.55. The number of nitrogens with one attached hydrogen (secondary N) is 1. The lowest BCUT2D eigenvalue weighted by Crippen LogP contribution is -2.25. The Morgan fingerprint density at radius 1 is 1.05 bits per heavy atom. The van der Waals surface area contributed by atoms with Crippen molar-refractivity contribution in [3.05, 3.63) is 70.5 Å². The molecule has 38 heavy (non-hydrogen) atoms. The molecule has 0 aliphatic rings. The summed E-state index contributed by atoms with van der Waals surface area (Å²) < 4.78 is 18.1. The van der Waals surface area contributed by atoms with Crippen LogP contribution in [-0.2, 0) is 17.7 Å². The van der Waals surface area contributed by atoms with E-state index in [0.29, 0.717) is 36.8 Å². The van der Waals surface area contributed by atoms with Crippen molar-refractivity contribution in [3.63, 3.8) is 0 Å². The third-order valence-corrected chi connectivity index (χ3v) is 7.31. The number of aryl methyl sites for hydroxylation is 2. The van der Waals surface area contributed by atoms with Crippen LogP contribution in [0, 0.1) is 13.8 Å². The largest absolute Gasteiger partial charge is 0.493 e. The molecule has 4 rings (SSSR count). The van der Waals surface area contributed by atoms with Crippen molar-refractivity contribution in [3.8, 4) is 33.5 Å². The Balaban J connectivity index is 1.65. The van der Waals surface area contributed by atoms with Crippen molar-refractivity contribution in [1.29, 1.82) is 0 Å². The molecule has 0 spiro atoms. The standard InChI is InChI=1S/C29H34N4O4S/c1-19-7-9-22(17-31-19)29-32-24(18-38-29)25-16-23(28(34)30-12-6-14-35-3)20(2)33(25)13-11-21-8-10-26(36-4)27(15-21)37-5/h7-10,15-18H,6,11-14H2,1-5H3,(H,30,34). The summed E-state index contributed by atoms with van der Waals surface area (Å²) in [4.78, 5) is 22.4. The van der Waals surface area contributed by atoms with E-state index in [1.54, 1.807) is 32.7 Å². The normalized spacial score (nSPS) is 11.0. The first-order valence-corrected chi connectivity index (χ1v) is 13.4. The SMILES string of the molecule is COCCCNC(=O)c1cc(-c2csc(-c3ccc(C)nc3)n2)n(CCc2ccc(OC)c(OC)c2)c1C. The van der Waals surface area contributed by atoms with Crippen LogP contribution in [0.2, 0.25) is 0 Å². The highest BCUT2D eigenvalue weighted by atomic mass is 32.1. The highest BCUT2D eigenvalue weighted by Gasteiger charge is 2.20. The number of carbonyl (C=O) groups is 1. The van der Waals surface area contributed by atoms with Crippen LogP contribution >= 0.6 is 11.3 Å². The number of pyridine rings is 1. The number of aromatic nitrogens is 3. The van der Waals surface area contributed by atoms with Gasteiger partial charge in [-0.05, 0) is 62.6 Å². The maximum absolute atomic E-state index is 13.1. The van der Waals surface area contributed by atoms with E-state index in [0.717, 1.165) is 51.8 Å². The number of hydrogen-bond donors (Lipinski definition) is 1. The number of methoxy groups -OCH3 is 3. The molecule has 1 amide bonds. The lowest BCUT2D eigenvalue weighted by molar-refractivity contribution is 0.0948. The lowest BCUT2D eigenvalue weighted by atomic mass is 10.1. The van der Waals surface area contributed by atoms with Crippen molar-refractivity contribution in [2.24, 2.45) is 0 Å². The molecule has 0 unspecified atom stereocenters. The Morgan fingerprint density at radius 2 is 1.87 bits per heavy atom. The molecule has 8 nitrogen and oxygen atoms in total. The summed E-state index contributed by atoms with van der Waals surface area (Å²) in [6.45, 7) is 5.78. The van der Waals surface area contributed by atoms with Crippen LogP contribution in [0.1, 0.15) is 33.7 Å². The van der Waals surface area contributed by atoms with E-state index >= 15 is 0 Å². The summed E-state index contributed by atoms with van der Waals surface area (Å²) in [6, 6.07) is 11.9. The molecule has 0 radical (unpaired) electrons. The summed E-state index contributed by atoms with van der Waals surface area (Å²) in [5.41, 5.74) is 6.34. The number of rotatable bonds is 12. The molecule has 3 heterocycles. The van der Waals surface area contributed by atoms with Gasteiger partial charge in [-0.2, -0.15) is 0 Å². The second-order valence-electron chi connectivity index (χ2n) is 8.95. The van der Waals surface area contributed by atoms with Gasteiger partial charge in [0.2, 0.25) is 0 Å². The predicted octanol–water partition coefficient (Wildman–Crippen LogP) is 5.32. The fraction of sp³-hybridized carbons (Fsp3) is 0.345. The molecule has 0 aliphatic heterocycles. The van der Waals surface area contributed by atoms with Crippen molar-refractivity contribution in [2.75, 3.05) is 34.5 Å². The lowest BCUT2D eigenvalue weighted by Gasteiger charge is -2.13. The van der Waals surface area contributed by atoms with E-state index in [9.17, 15) is 4.79 Å². The molecule has 1 aromatic carbocycles. The number of ether oxygens (including phenoxy) is 3. The summed E-state index contributed by atoms with van der Waals surface area (Å²) in [5.74, 6) is 1.30. The van der Waals surface area contributed by atoms with Crippen LogP contribution in [0.5, 0.6) is 11.5 Å². The minimum Gasteiger partial charge on any atom is -0.493 e. The van der Waals surface area contributed by atoms with Crippen molar-refractivity contribution in [2.45, 2.75) is 33.2 Å². The van der Waals surface area contributed by atoms with Gasteiger partial charge in [-0.25, -0.2) is 4.98 Å². The van der Waals surface area contributed by atoms with Crippen LogP contribution in [0.15, 0.2) is 48.0 Å². The van der Waals surface area contributed by atoms with Gasteiger partial charge in [0.05, 0.1) is 31.2 Å². The molecule has 0 saturated heterocycles. The topological polar surface area (TPSA) is 87.5 Å². The second kappa shape index (κ2) is 12.7. The molecule has 0 saturated carbocycles. The monoisotopic (exact) mass is 534 g/mol. The third-order valence-electron chi connectivity index (χ3n) is 6.42. The van der Waals surface area contributed by atoms with Crippen LogP contribution in [-0.4, -0.2) is 54.9 Å². The second-order valence-corrected chi connectivity index (χ2v) is 9.81. The zero-order valence-corrected chi connectivity index (χ0v) is 23.4. The average molecular weight is 535 g/mol. The van der Waals surface area contributed by atoms with Crippen LogP contribution in [0.3, 0.4) is 0 Å². The summed E-state index contributed by atoms with van der Waals surface area (Å²) in [5, 5.41) is 5.95. The fourth-order valence-electron chi connectivity index (χ4n) is 4.28. The Hall–Kier alpha value is -3.69. The van der Waals surface area contributed by atoms with Gasteiger partial charge in [-0.1, -0.05) is 6.07 Å². The minimum atomic E-state index is -0.0945. The maximum Gasteiger partial charge on any atom is 0.253 e. The Kier molecular flexibility index (Phi) is 9.15. The first-order chi connectivity index (χ1) is 18.4. The van der Waals surface area contributed by atoms with Crippen molar-refractivity contribution >= 4 is 17.2 Å². The fourth-order valence-corrected chi connectivity index (χ4v) is 5.09. The van der Waals surface area contributed by atoms with Crippen LogP contribution in [0.25, 0.3) is 22.0 Å². The Labute approximate surface area is 227 Å². The number of benzene rings is 1. The van der Waals surface area contributed by atoms with Gasteiger partial charge in [0.25, 0.3) is 5.91 Å². The van der Waals surface area contributed by atoms with Gasteiger partial charge in [-0.15, -0.1) is 11.3 Å². The summed E-state index contributed by atoms with van der Waals surface area (Å²) >= 11 is 1.57. The molecule has 0 aliphatic carbocycles. The molecule has 3 aromatic heterocycles. The van der Waals surface area contributed by atoms with E-state index in [2.05, 4.69) is 14.9 Å². The summed E-state index contributed by atoms with van der Waals surface area (Å²) in [7, 11) is 4.92. The zero-order valence-electron chi connectivity index (χ0n) is 22.5. The van der Waals surface area contributed by atoms with Gasteiger partial charge in [0, 0.05) is 55.3 Å². The van der Waals surface area contributed by atoms with Crippen molar-refractivity contribution < 1.29 is 19.0 Å². The zero-order chi connectivity index (χ0) is 27.1. The summed E-state index contributed by atoms with van der Waals surface area (Å²) in [6.07, 6.45) is 3.35. The van der Waals surface area contributed by atoms with E-state index in [1.165, 1.54) is 0 Å². The molecule has 0 bridgehead atoms. The van der Waals surface area contributed by atoms with E-state index in [4.69, 9.17) is 19.2 Å². The molecular weight excluding hydrogens is 500 g/mol. The quantitative estimate of drug-likeness (QED) is 0.248. The van der Waals surface area contributed by atoms with E-state index in [1.807, 2.05) is 61.8 Å². The minimum absolute atomic E-state index is 0.0945. The molecule has 1 N–H and O–H groups in total. The Morgan fingerprint density at radius 3 is 2.58 bits per heavy atom. The number of amides is 1. The highest BCUT2D eigenvalue weighted by molar-refractivity contribution is 7.13. The van der Waals surface area contributed by atoms with Crippen LogP contribution in [0.4, 0.5) is 0 Å². The van der Waals surface area contributed by atoms with Gasteiger partial charge in [-0.3, -0.25) is 9.78 Å². The van der Waals surface area contributed by atoms with Gasteiger partial charge in [0.1, 0.15) is 5.01 Å². The molecule has 9 heteroatoms. The maximum atomic E-state index is 13.1.